The van der Waals surface area contributed by atoms with Crippen LogP contribution in [-0.2, 0) is 0 Å². The van der Waals surface area contributed by atoms with Gasteiger partial charge in [0.1, 0.15) is 17.5 Å². The maximum absolute atomic E-state index is 9.92. The lowest BCUT2D eigenvalue weighted by Gasteiger charge is -2.40. The molecule has 5 nitrogen and oxygen atoms in total. The molecule has 0 radical (unpaired) electrons. The molecule has 1 aromatic rings. The molecule has 1 aromatic heterocycles. The summed E-state index contributed by atoms with van der Waals surface area (Å²) in [6, 6.07) is 0. The largest absolute Gasteiger partial charge is 0.394 e. The summed E-state index contributed by atoms with van der Waals surface area (Å²) in [6.07, 6.45) is 4.29. The van der Waals surface area contributed by atoms with Crippen molar-refractivity contribution in [1.29, 1.82) is 0 Å². The van der Waals surface area contributed by atoms with E-state index >= 15 is 0 Å². The number of rotatable bonds is 4. The molecule has 118 valence electrons. The van der Waals surface area contributed by atoms with Crippen molar-refractivity contribution in [2.24, 2.45) is 5.92 Å². The molecule has 21 heavy (non-hydrogen) atoms. The molecule has 0 bridgehead atoms. The average molecular weight is 292 g/mol. The van der Waals surface area contributed by atoms with Crippen LogP contribution < -0.4 is 11.1 Å². The molecule has 4 N–H and O–H groups in total. The van der Waals surface area contributed by atoms with Gasteiger partial charge in [-0.1, -0.05) is 33.6 Å². The van der Waals surface area contributed by atoms with Gasteiger partial charge in [0.2, 0.25) is 0 Å². The van der Waals surface area contributed by atoms with Gasteiger partial charge < -0.3 is 16.2 Å². The van der Waals surface area contributed by atoms with Gasteiger partial charge in [0.15, 0.2) is 0 Å². The second kappa shape index (κ2) is 6.18. The number of nitrogen functional groups attached to an aromatic ring is 1. The van der Waals surface area contributed by atoms with Crippen LogP contribution in [0.5, 0.6) is 0 Å². The molecular weight excluding hydrogens is 264 g/mol. The Kier molecular flexibility index (Phi) is 4.71. The van der Waals surface area contributed by atoms with Crippen LogP contribution in [0.3, 0.4) is 0 Å². The van der Waals surface area contributed by atoms with Crippen LogP contribution >= 0.6 is 0 Å². The lowest BCUT2D eigenvalue weighted by molar-refractivity contribution is 0.149. The van der Waals surface area contributed by atoms with Crippen molar-refractivity contribution in [3.63, 3.8) is 0 Å². The molecule has 1 saturated carbocycles. The summed E-state index contributed by atoms with van der Waals surface area (Å²) in [5.41, 5.74) is 6.61. The standard InChI is InChI=1S/C16H28N4O/c1-10(2)14-18-13(17)12(4)15(19-14)20-16(9-21)7-5-6-11(3)8-16/h10-11,21H,5-9H2,1-4H3,(H3,17,18,19,20). The SMILES string of the molecule is Cc1c(N)nc(C(C)C)nc1NC1(CO)CCCC(C)C1. The average Bonchev–Trinajstić information content (AvgIpc) is 2.43. The number of anilines is 2. The van der Waals surface area contributed by atoms with E-state index in [1.54, 1.807) is 0 Å². The normalized spacial score (nSPS) is 26.1. The summed E-state index contributed by atoms with van der Waals surface area (Å²) >= 11 is 0. The van der Waals surface area contributed by atoms with Crippen LogP contribution in [0.2, 0.25) is 0 Å². The van der Waals surface area contributed by atoms with E-state index < -0.39 is 0 Å². The van der Waals surface area contributed by atoms with E-state index in [2.05, 4.69) is 36.1 Å². The monoisotopic (exact) mass is 292 g/mol. The number of hydrogen-bond acceptors (Lipinski definition) is 5. The molecule has 1 aliphatic rings. The highest BCUT2D eigenvalue weighted by Crippen LogP contribution is 2.35. The first-order chi connectivity index (χ1) is 9.87. The van der Waals surface area contributed by atoms with Crippen LogP contribution in [0.1, 0.15) is 63.8 Å². The second-order valence-electron chi connectivity index (χ2n) is 6.86. The minimum absolute atomic E-state index is 0.123. The number of aliphatic hydroxyl groups excluding tert-OH is 1. The fourth-order valence-corrected chi connectivity index (χ4v) is 3.14. The molecule has 2 rings (SSSR count). The maximum Gasteiger partial charge on any atom is 0.135 e. The van der Waals surface area contributed by atoms with Crippen molar-refractivity contribution in [2.45, 2.75) is 64.8 Å². The Labute approximate surface area is 127 Å². The quantitative estimate of drug-likeness (QED) is 0.794. The number of nitrogens with two attached hydrogens (primary N) is 1. The maximum atomic E-state index is 9.92. The third kappa shape index (κ3) is 3.46. The highest BCUT2D eigenvalue weighted by atomic mass is 16.3. The van der Waals surface area contributed by atoms with Gasteiger partial charge in [-0.05, 0) is 25.7 Å². The van der Waals surface area contributed by atoms with Gasteiger partial charge in [0.25, 0.3) is 0 Å². The van der Waals surface area contributed by atoms with Crippen LogP contribution in [0.15, 0.2) is 0 Å². The lowest BCUT2D eigenvalue weighted by Crippen LogP contribution is -2.46. The van der Waals surface area contributed by atoms with Crippen molar-refractivity contribution in [3.05, 3.63) is 11.4 Å². The topological polar surface area (TPSA) is 84.1 Å². The van der Waals surface area contributed by atoms with E-state index in [-0.39, 0.29) is 18.1 Å². The Morgan fingerprint density at radius 1 is 1.43 bits per heavy atom. The molecule has 0 saturated heterocycles. The van der Waals surface area contributed by atoms with Crippen LogP contribution in [-0.4, -0.2) is 27.2 Å². The minimum atomic E-state index is -0.280. The summed E-state index contributed by atoms with van der Waals surface area (Å²) in [7, 11) is 0. The van der Waals surface area contributed by atoms with Crippen molar-refractivity contribution in [2.75, 3.05) is 17.7 Å². The van der Waals surface area contributed by atoms with Gasteiger partial charge in [0.05, 0.1) is 12.1 Å². The molecule has 1 heterocycles. The molecule has 2 atom stereocenters. The van der Waals surface area contributed by atoms with E-state index in [0.29, 0.717) is 11.7 Å². The van der Waals surface area contributed by atoms with E-state index in [9.17, 15) is 5.11 Å². The Bertz CT molecular complexity index is 503. The third-order valence-corrected chi connectivity index (χ3v) is 4.49. The smallest absolute Gasteiger partial charge is 0.135 e. The molecule has 5 heteroatoms. The van der Waals surface area contributed by atoms with Gasteiger partial charge >= 0.3 is 0 Å². The van der Waals surface area contributed by atoms with E-state index in [0.717, 1.165) is 36.5 Å². The van der Waals surface area contributed by atoms with Crippen LogP contribution in [0.4, 0.5) is 11.6 Å². The number of nitrogens with one attached hydrogen (secondary N) is 1. The van der Waals surface area contributed by atoms with Crippen molar-refractivity contribution in [3.8, 4) is 0 Å². The first-order valence-corrected chi connectivity index (χ1v) is 7.90. The van der Waals surface area contributed by atoms with E-state index in [1.165, 1.54) is 6.42 Å². The predicted octanol–water partition coefficient (Wildman–Crippen LogP) is 2.84. The van der Waals surface area contributed by atoms with Crippen LogP contribution in [0, 0.1) is 12.8 Å². The summed E-state index contributed by atoms with van der Waals surface area (Å²) in [5.74, 6) is 2.88. The zero-order valence-electron chi connectivity index (χ0n) is 13.6. The predicted molar refractivity (Wildman–Crippen MR) is 86.3 cm³/mol. The Balaban J connectivity index is 2.32. The van der Waals surface area contributed by atoms with Crippen molar-refractivity contribution >= 4 is 11.6 Å². The number of aromatic nitrogens is 2. The van der Waals surface area contributed by atoms with E-state index in [1.807, 2.05) is 6.92 Å². The first kappa shape index (κ1) is 16.0. The van der Waals surface area contributed by atoms with Gasteiger partial charge in [-0.3, -0.25) is 0 Å². The molecular formula is C16H28N4O. The summed E-state index contributed by atoms with van der Waals surface area (Å²) in [5, 5.41) is 13.4. The van der Waals surface area contributed by atoms with Crippen LogP contribution in [0.25, 0.3) is 0 Å². The zero-order valence-corrected chi connectivity index (χ0v) is 13.6. The van der Waals surface area contributed by atoms with Crippen molar-refractivity contribution in [1.82, 2.24) is 9.97 Å². The van der Waals surface area contributed by atoms with E-state index in [4.69, 9.17) is 5.73 Å². The Morgan fingerprint density at radius 3 is 2.71 bits per heavy atom. The molecule has 0 amide bonds. The summed E-state index contributed by atoms with van der Waals surface area (Å²) in [4.78, 5) is 8.99. The van der Waals surface area contributed by atoms with Gasteiger partial charge in [-0.2, -0.15) is 0 Å². The fourth-order valence-electron chi connectivity index (χ4n) is 3.14. The molecule has 0 aliphatic heterocycles. The summed E-state index contributed by atoms with van der Waals surface area (Å²) < 4.78 is 0. The number of aliphatic hydroxyl groups is 1. The molecule has 1 aliphatic carbocycles. The molecule has 1 fully saturated rings. The molecule has 0 aromatic carbocycles. The summed E-state index contributed by atoms with van der Waals surface area (Å²) in [6.45, 7) is 8.40. The molecule has 0 spiro atoms. The lowest BCUT2D eigenvalue weighted by atomic mass is 9.77. The Hall–Kier alpha value is -1.36. The van der Waals surface area contributed by atoms with Crippen molar-refractivity contribution < 1.29 is 5.11 Å². The zero-order chi connectivity index (χ0) is 15.6. The Morgan fingerprint density at radius 2 is 2.14 bits per heavy atom. The third-order valence-electron chi connectivity index (χ3n) is 4.49. The molecule has 2 unspecified atom stereocenters. The minimum Gasteiger partial charge on any atom is -0.394 e. The first-order valence-electron chi connectivity index (χ1n) is 7.90. The highest BCUT2D eigenvalue weighted by molar-refractivity contribution is 5.56. The number of nitrogens with zero attached hydrogens (tertiary/aromatic N) is 2. The van der Waals surface area contributed by atoms with Gasteiger partial charge in [0, 0.05) is 11.5 Å². The van der Waals surface area contributed by atoms with Gasteiger partial charge in [-0.15, -0.1) is 0 Å². The highest BCUT2D eigenvalue weighted by Gasteiger charge is 2.35. The second-order valence-corrected chi connectivity index (χ2v) is 6.86. The fraction of sp³-hybridized carbons (Fsp3) is 0.750. The van der Waals surface area contributed by atoms with Gasteiger partial charge in [-0.25, -0.2) is 9.97 Å². The number of hydrogen-bond donors (Lipinski definition) is 3.